The van der Waals surface area contributed by atoms with E-state index in [2.05, 4.69) is 23.0 Å². The molecule has 1 aliphatic heterocycles. The van der Waals surface area contributed by atoms with Crippen LogP contribution in [0.4, 0.5) is 0 Å². The maximum Gasteiger partial charge on any atom is 0.254 e. The van der Waals surface area contributed by atoms with Gasteiger partial charge in [0.05, 0.1) is 5.69 Å². The van der Waals surface area contributed by atoms with E-state index in [0.717, 1.165) is 40.8 Å². The summed E-state index contributed by atoms with van der Waals surface area (Å²) in [6.45, 7) is 3.03. The van der Waals surface area contributed by atoms with Gasteiger partial charge in [-0.25, -0.2) is 4.98 Å². The van der Waals surface area contributed by atoms with Crippen LogP contribution in [0.5, 0.6) is 0 Å². The van der Waals surface area contributed by atoms with Crippen LogP contribution >= 0.6 is 11.8 Å². The molecule has 1 fully saturated rings. The van der Waals surface area contributed by atoms with Crippen molar-refractivity contribution in [3.05, 3.63) is 40.4 Å². The third kappa shape index (κ3) is 2.29. The molecular weight excluding hydrogens is 282 g/mol. The van der Waals surface area contributed by atoms with Gasteiger partial charge in [-0.1, -0.05) is 18.7 Å². The molecule has 4 nitrogen and oxygen atoms in total. The molecular formula is C16H17N3OS. The Balaban J connectivity index is 1.73. The molecule has 3 heterocycles. The molecule has 2 aromatic rings. The molecule has 1 aliphatic carbocycles. The number of thioether (sulfide) groups is 1. The lowest BCUT2D eigenvalue weighted by atomic mass is 10.0. The Labute approximate surface area is 127 Å². The molecule has 0 amide bonds. The van der Waals surface area contributed by atoms with Crippen LogP contribution in [0.2, 0.25) is 0 Å². The molecule has 0 N–H and O–H groups in total. The van der Waals surface area contributed by atoms with Crippen LogP contribution in [0.1, 0.15) is 31.9 Å². The van der Waals surface area contributed by atoms with Gasteiger partial charge in [0.1, 0.15) is 0 Å². The van der Waals surface area contributed by atoms with Crippen molar-refractivity contribution < 1.29 is 0 Å². The van der Waals surface area contributed by atoms with Gasteiger partial charge in [0.2, 0.25) is 0 Å². The van der Waals surface area contributed by atoms with Gasteiger partial charge >= 0.3 is 0 Å². The molecule has 2 aliphatic rings. The van der Waals surface area contributed by atoms with E-state index in [9.17, 15) is 4.79 Å². The van der Waals surface area contributed by atoms with Crippen LogP contribution in [0.25, 0.3) is 11.3 Å². The second kappa shape index (κ2) is 4.70. The highest BCUT2D eigenvalue weighted by molar-refractivity contribution is 7.99. The minimum Gasteiger partial charge on any atom is -0.288 e. The van der Waals surface area contributed by atoms with Crippen molar-refractivity contribution in [2.75, 3.05) is 5.75 Å². The molecule has 1 saturated carbocycles. The summed E-state index contributed by atoms with van der Waals surface area (Å²) in [7, 11) is 0. The zero-order valence-corrected chi connectivity index (χ0v) is 12.8. The number of hydrogen-bond acceptors (Lipinski definition) is 4. The number of aromatic nitrogens is 3. The van der Waals surface area contributed by atoms with Gasteiger partial charge < -0.3 is 0 Å². The Morgan fingerprint density at radius 1 is 1.33 bits per heavy atom. The van der Waals surface area contributed by atoms with Crippen LogP contribution < -0.4 is 5.56 Å². The fraction of sp³-hybridized carbons (Fsp3) is 0.438. The van der Waals surface area contributed by atoms with E-state index in [1.807, 2.05) is 12.3 Å². The van der Waals surface area contributed by atoms with Gasteiger partial charge in [-0.3, -0.25) is 14.3 Å². The highest BCUT2D eigenvalue weighted by Gasteiger charge is 2.40. The largest absolute Gasteiger partial charge is 0.288 e. The standard InChI is InChI=1S/C16H17N3OS/c1-16(5-6-16)13-4-3-11(10-17-13)12-9-14(20)19-7-2-8-21-15(19)18-12/h3-4,9-10H,2,5-8H2,1H3. The zero-order chi connectivity index (χ0) is 14.4. The lowest BCUT2D eigenvalue weighted by Crippen LogP contribution is -2.25. The summed E-state index contributed by atoms with van der Waals surface area (Å²) in [5, 5.41) is 0.835. The van der Waals surface area contributed by atoms with Crippen molar-refractivity contribution in [1.82, 2.24) is 14.5 Å². The number of fused-ring (bicyclic) bond motifs is 1. The first-order valence-corrected chi connectivity index (χ1v) is 8.36. The summed E-state index contributed by atoms with van der Waals surface area (Å²) in [6.07, 6.45) is 5.32. The van der Waals surface area contributed by atoms with Crippen LogP contribution in [0, 0.1) is 0 Å². The Bertz CT molecular complexity index is 747. The monoisotopic (exact) mass is 299 g/mol. The second-order valence-electron chi connectivity index (χ2n) is 6.11. The predicted octanol–water partition coefficient (Wildman–Crippen LogP) is 2.85. The van der Waals surface area contributed by atoms with E-state index < -0.39 is 0 Å². The molecule has 0 unspecified atom stereocenters. The SMILES string of the molecule is CC1(c2ccc(-c3cc(=O)n4c(n3)SCCC4)cn2)CC1. The number of pyridine rings is 1. The first-order chi connectivity index (χ1) is 10.2. The maximum absolute atomic E-state index is 12.2. The van der Waals surface area contributed by atoms with Crippen LogP contribution in [0.15, 0.2) is 34.3 Å². The van der Waals surface area contributed by atoms with Crippen molar-refractivity contribution in [1.29, 1.82) is 0 Å². The Morgan fingerprint density at radius 2 is 2.19 bits per heavy atom. The van der Waals surface area contributed by atoms with Crippen LogP contribution in [-0.2, 0) is 12.0 Å². The lowest BCUT2D eigenvalue weighted by Gasteiger charge is -2.17. The lowest BCUT2D eigenvalue weighted by molar-refractivity contribution is 0.564. The van der Waals surface area contributed by atoms with Crippen molar-refractivity contribution in [2.45, 2.75) is 43.3 Å². The molecule has 4 rings (SSSR count). The van der Waals surface area contributed by atoms with Gasteiger partial charge in [-0.15, -0.1) is 0 Å². The van der Waals surface area contributed by atoms with Crippen molar-refractivity contribution in [2.24, 2.45) is 0 Å². The molecule has 108 valence electrons. The maximum atomic E-state index is 12.2. The van der Waals surface area contributed by atoms with Gasteiger partial charge in [-0.05, 0) is 31.4 Å². The first-order valence-electron chi connectivity index (χ1n) is 7.37. The van der Waals surface area contributed by atoms with Crippen molar-refractivity contribution >= 4 is 11.8 Å². The molecule has 0 atom stereocenters. The second-order valence-corrected chi connectivity index (χ2v) is 7.17. The van der Waals surface area contributed by atoms with Crippen LogP contribution in [0.3, 0.4) is 0 Å². The minimum atomic E-state index is 0.0421. The third-order valence-electron chi connectivity index (χ3n) is 4.41. The summed E-state index contributed by atoms with van der Waals surface area (Å²) in [5.74, 6) is 1.03. The van der Waals surface area contributed by atoms with Crippen LogP contribution in [-0.4, -0.2) is 20.3 Å². The number of rotatable bonds is 2. The van der Waals surface area contributed by atoms with E-state index in [-0.39, 0.29) is 11.0 Å². The Kier molecular flexibility index (Phi) is 2.92. The molecule has 5 heteroatoms. The first kappa shape index (κ1) is 13.1. The average Bonchev–Trinajstić information content (AvgIpc) is 3.26. The number of nitrogens with zero attached hydrogens (tertiary/aromatic N) is 3. The van der Waals surface area contributed by atoms with E-state index in [1.54, 1.807) is 22.4 Å². The van der Waals surface area contributed by atoms with Gasteiger partial charge in [0.15, 0.2) is 5.16 Å². The fourth-order valence-electron chi connectivity index (χ4n) is 2.68. The summed E-state index contributed by atoms with van der Waals surface area (Å²) < 4.78 is 1.77. The molecule has 0 saturated heterocycles. The third-order valence-corrected chi connectivity index (χ3v) is 5.47. The van der Waals surface area contributed by atoms with Gasteiger partial charge in [0.25, 0.3) is 5.56 Å². The van der Waals surface area contributed by atoms with E-state index >= 15 is 0 Å². The normalized spacial score (nSPS) is 19.1. The molecule has 0 aromatic carbocycles. The summed E-state index contributed by atoms with van der Waals surface area (Å²) in [6, 6.07) is 5.75. The van der Waals surface area contributed by atoms with Crippen molar-refractivity contribution in [3.63, 3.8) is 0 Å². The highest BCUT2D eigenvalue weighted by atomic mass is 32.2. The fourth-order valence-corrected chi connectivity index (χ4v) is 3.64. The average molecular weight is 299 g/mol. The predicted molar refractivity (Wildman–Crippen MR) is 83.7 cm³/mol. The molecule has 21 heavy (non-hydrogen) atoms. The summed E-state index contributed by atoms with van der Waals surface area (Å²) in [5.41, 5.74) is 3.13. The minimum absolute atomic E-state index is 0.0421. The van der Waals surface area contributed by atoms with E-state index in [0.29, 0.717) is 0 Å². The molecule has 2 aromatic heterocycles. The zero-order valence-electron chi connectivity index (χ0n) is 12.0. The Hall–Kier alpha value is -1.62. The quantitative estimate of drug-likeness (QED) is 0.800. The smallest absolute Gasteiger partial charge is 0.254 e. The van der Waals surface area contributed by atoms with E-state index in [1.165, 1.54) is 12.8 Å². The molecule has 0 spiro atoms. The molecule has 0 radical (unpaired) electrons. The molecule has 0 bridgehead atoms. The summed E-state index contributed by atoms with van der Waals surface area (Å²) in [4.78, 5) is 21.4. The Morgan fingerprint density at radius 3 is 2.90 bits per heavy atom. The van der Waals surface area contributed by atoms with E-state index in [4.69, 9.17) is 0 Å². The topological polar surface area (TPSA) is 47.8 Å². The highest BCUT2D eigenvalue weighted by Crippen LogP contribution is 2.46. The van der Waals surface area contributed by atoms with Gasteiger partial charge in [0, 0.05) is 41.2 Å². The summed E-state index contributed by atoms with van der Waals surface area (Å²) >= 11 is 1.66. The van der Waals surface area contributed by atoms with Gasteiger partial charge in [-0.2, -0.15) is 0 Å². The number of hydrogen-bond donors (Lipinski definition) is 0. The van der Waals surface area contributed by atoms with Crippen molar-refractivity contribution in [3.8, 4) is 11.3 Å².